The van der Waals surface area contributed by atoms with E-state index in [-0.39, 0.29) is 6.04 Å². The van der Waals surface area contributed by atoms with Crippen LogP contribution in [-0.2, 0) is 12.8 Å². The van der Waals surface area contributed by atoms with Crippen LogP contribution in [0, 0.1) is 18.1 Å². The summed E-state index contributed by atoms with van der Waals surface area (Å²) in [4.78, 5) is 0. The van der Waals surface area contributed by atoms with E-state index >= 15 is 0 Å². The van der Waals surface area contributed by atoms with Crippen LogP contribution in [0.15, 0.2) is 139 Å². The van der Waals surface area contributed by atoms with E-state index in [2.05, 4.69) is 169 Å². The number of nitrogens with zero attached hydrogens (tertiary/aromatic N) is 1. The van der Waals surface area contributed by atoms with Gasteiger partial charge >= 0.3 is 0 Å². The van der Waals surface area contributed by atoms with Crippen LogP contribution in [0.4, 0.5) is 0 Å². The number of aryl methyl sites for hydroxylation is 2. The van der Waals surface area contributed by atoms with Gasteiger partial charge in [0.15, 0.2) is 0 Å². The van der Waals surface area contributed by atoms with Crippen molar-refractivity contribution in [3.05, 3.63) is 185 Å². The minimum Gasteiger partial charge on any atom is -0.398 e. The van der Waals surface area contributed by atoms with E-state index in [1.54, 1.807) is 0 Å². The standard InChI is InChI=1S/C52H45N3/c1-33-12-3-4-15-39(33)32-54-48(38-25-28-41-34(2)13-11-16-37(41)30-38)31-47(53)36-22-26-40(27-23-36)55-49-21-10-9-20-46(49)51-50-42-17-6-5-14-35(42)24-29-44(50)43-18-7-8-19-45(43)52(51)55/h3-8,10-11,14-19,21-23,25-28,30-31,33-34,48,54H,12-13,24,29,32,53H2,1-2H3/b47-31-. The average molecular weight is 712 g/mol. The van der Waals surface area contributed by atoms with Gasteiger partial charge in [0, 0.05) is 28.7 Å². The second-order valence-corrected chi connectivity index (χ2v) is 15.7. The Morgan fingerprint density at radius 3 is 2.58 bits per heavy atom. The van der Waals surface area contributed by atoms with E-state index in [1.807, 2.05) is 6.07 Å². The number of fused-ring (bicyclic) bond motifs is 11. The summed E-state index contributed by atoms with van der Waals surface area (Å²) in [5.41, 5.74) is 23.2. The van der Waals surface area contributed by atoms with Crippen molar-refractivity contribution in [2.45, 2.75) is 51.5 Å². The molecule has 6 aromatic carbocycles. The first-order valence-corrected chi connectivity index (χ1v) is 19.9. The molecule has 10 rings (SSSR count). The molecule has 3 heteroatoms. The van der Waals surface area contributed by atoms with Crippen molar-refractivity contribution >= 4 is 44.4 Å². The van der Waals surface area contributed by atoms with Gasteiger partial charge in [-0.05, 0) is 124 Å². The highest BCUT2D eigenvalue weighted by atomic mass is 15.0. The normalized spacial score (nSPS) is 18.1. The maximum absolute atomic E-state index is 7.04. The SMILES string of the molecule is CC1CC=CC=C1CNC(/C=C(\N)c1ccc(-n2c3ccc#cc3c3c4c(c5ccccc5c32)CCc2ccccc2-4)cc1)c1ccc2c(c1)C=CCC2C. The molecule has 0 aliphatic heterocycles. The highest BCUT2D eigenvalue weighted by molar-refractivity contribution is 6.25. The largest absolute Gasteiger partial charge is 0.398 e. The number of hydrogen-bond acceptors (Lipinski definition) is 2. The van der Waals surface area contributed by atoms with Crippen LogP contribution >= 0.6 is 0 Å². The Bertz CT molecular complexity index is 2750. The second-order valence-electron chi connectivity index (χ2n) is 15.7. The molecule has 0 amide bonds. The van der Waals surface area contributed by atoms with Crippen molar-refractivity contribution < 1.29 is 0 Å². The minimum atomic E-state index is -0.0424. The lowest BCUT2D eigenvalue weighted by Crippen LogP contribution is -2.25. The number of hydrogen-bond donors (Lipinski definition) is 2. The van der Waals surface area contributed by atoms with E-state index in [1.165, 1.54) is 66.2 Å². The molecule has 1 heterocycles. The van der Waals surface area contributed by atoms with E-state index in [0.29, 0.717) is 11.8 Å². The van der Waals surface area contributed by atoms with Gasteiger partial charge in [-0.25, -0.2) is 0 Å². The fraction of sp³-hybridized carbons (Fsp3) is 0.192. The number of nitrogens with one attached hydrogen (secondary N) is 1. The fourth-order valence-electron chi connectivity index (χ4n) is 9.42. The van der Waals surface area contributed by atoms with Gasteiger partial charge < -0.3 is 15.6 Å². The van der Waals surface area contributed by atoms with E-state index in [0.717, 1.165) is 60.1 Å². The Kier molecular flexibility index (Phi) is 8.31. The Morgan fingerprint density at radius 1 is 0.891 bits per heavy atom. The maximum Gasteiger partial charge on any atom is 0.0632 e. The van der Waals surface area contributed by atoms with Crippen LogP contribution in [0.5, 0.6) is 0 Å². The van der Waals surface area contributed by atoms with Crippen LogP contribution < -0.4 is 11.1 Å². The molecule has 3 N–H and O–H groups in total. The van der Waals surface area contributed by atoms with Crippen LogP contribution in [0.3, 0.4) is 0 Å². The molecule has 0 radical (unpaired) electrons. The molecule has 7 aromatic rings. The molecule has 3 unspecified atom stereocenters. The average Bonchev–Trinajstić information content (AvgIpc) is 3.58. The lowest BCUT2D eigenvalue weighted by Gasteiger charge is -2.24. The number of benzene rings is 5. The minimum absolute atomic E-state index is 0.0424. The molecule has 0 spiro atoms. The number of rotatable bonds is 7. The summed E-state index contributed by atoms with van der Waals surface area (Å²) in [7, 11) is 0. The molecule has 55 heavy (non-hydrogen) atoms. The molecule has 3 aliphatic carbocycles. The monoisotopic (exact) mass is 711 g/mol. The molecule has 0 bridgehead atoms. The van der Waals surface area contributed by atoms with Crippen LogP contribution in [0.2, 0.25) is 0 Å². The number of allylic oxidation sites excluding steroid dienone is 4. The predicted molar refractivity (Wildman–Crippen MR) is 231 cm³/mol. The van der Waals surface area contributed by atoms with Crippen molar-refractivity contribution in [3.63, 3.8) is 0 Å². The van der Waals surface area contributed by atoms with Crippen LogP contribution in [-0.4, -0.2) is 11.1 Å². The quantitative estimate of drug-likeness (QED) is 0.173. The van der Waals surface area contributed by atoms with Gasteiger partial charge in [0.25, 0.3) is 0 Å². The summed E-state index contributed by atoms with van der Waals surface area (Å²) in [6, 6.07) is 44.6. The summed E-state index contributed by atoms with van der Waals surface area (Å²) in [5, 5.41) is 8.86. The highest BCUT2D eigenvalue weighted by Crippen LogP contribution is 2.47. The third-order valence-electron chi connectivity index (χ3n) is 12.4. The Hall–Kier alpha value is -6.08. The summed E-state index contributed by atoms with van der Waals surface area (Å²) >= 11 is 0. The van der Waals surface area contributed by atoms with E-state index in [4.69, 9.17) is 5.73 Å². The van der Waals surface area contributed by atoms with Gasteiger partial charge in [-0.15, -0.1) is 0 Å². The van der Waals surface area contributed by atoms with E-state index < -0.39 is 0 Å². The Labute approximate surface area is 324 Å². The molecular formula is C52H45N3. The molecule has 0 saturated carbocycles. The molecule has 1 aromatic heterocycles. The van der Waals surface area contributed by atoms with Crippen molar-refractivity contribution in [1.82, 2.24) is 9.88 Å². The molecule has 3 nitrogen and oxygen atoms in total. The second kappa shape index (κ2) is 13.6. The van der Waals surface area contributed by atoms with Gasteiger partial charge in [-0.2, -0.15) is 0 Å². The third-order valence-corrected chi connectivity index (χ3v) is 12.4. The highest BCUT2D eigenvalue weighted by Gasteiger charge is 2.26. The van der Waals surface area contributed by atoms with Gasteiger partial charge in [-0.1, -0.05) is 135 Å². The zero-order valence-electron chi connectivity index (χ0n) is 31.6. The molecule has 3 atom stereocenters. The number of nitrogens with two attached hydrogens (primary N) is 1. The first-order chi connectivity index (χ1) is 27.0. The van der Waals surface area contributed by atoms with Crippen molar-refractivity contribution in [3.8, 4) is 16.8 Å². The Balaban J connectivity index is 1.08. The summed E-state index contributed by atoms with van der Waals surface area (Å²) in [6.45, 7) is 5.44. The van der Waals surface area contributed by atoms with Crippen molar-refractivity contribution in [1.29, 1.82) is 0 Å². The lowest BCUT2D eigenvalue weighted by atomic mass is 9.80. The summed E-state index contributed by atoms with van der Waals surface area (Å²) < 4.78 is 2.43. The first kappa shape index (κ1) is 33.5. The molecule has 0 fully saturated rings. The van der Waals surface area contributed by atoms with Gasteiger partial charge in [0.2, 0.25) is 0 Å². The zero-order valence-corrected chi connectivity index (χ0v) is 31.6. The van der Waals surface area contributed by atoms with E-state index in [9.17, 15) is 0 Å². The topological polar surface area (TPSA) is 43.0 Å². The smallest absolute Gasteiger partial charge is 0.0632 e. The summed E-state index contributed by atoms with van der Waals surface area (Å²) in [5.74, 6) is 1.05. The van der Waals surface area contributed by atoms with Crippen molar-refractivity contribution in [2.24, 2.45) is 11.7 Å². The van der Waals surface area contributed by atoms with Gasteiger partial charge in [-0.3, -0.25) is 0 Å². The molecule has 3 aliphatic rings. The third kappa shape index (κ3) is 5.72. The first-order valence-electron chi connectivity index (χ1n) is 19.9. The lowest BCUT2D eigenvalue weighted by molar-refractivity contribution is 0.591. The van der Waals surface area contributed by atoms with Crippen LogP contribution in [0.1, 0.15) is 72.0 Å². The molecule has 268 valence electrons. The Morgan fingerprint density at radius 2 is 1.71 bits per heavy atom. The fourth-order valence-corrected chi connectivity index (χ4v) is 9.42. The zero-order chi connectivity index (χ0) is 37.0. The predicted octanol–water partition coefficient (Wildman–Crippen LogP) is 12.0. The van der Waals surface area contributed by atoms with Gasteiger partial charge in [0.1, 0.15) is 0 Å². The summed E-state index contributed by atoms with van der Waals surface area (Å²) in [6.07, 6.45) is 17.8. The maximum atomic E-state index is 7.04. The van der Waals surface area contributed by atoms with Crippen molar-refractivity contribution in [2.75, 3.05) is 6.54 Å². The molecule has 0 saturated heterocycles. The molecular weight excluding hydrogens is 667 g/mol. The van der Waals surface area contributed by atoms with Gasteiger partial charge in [0.05, 0.1) is 22.5 Å². The number of aromatic nitrogens is 1. The van der Waals surface area contributed by atoms with Crippen LogP contribution in [0.25, 0.3) is 61.2 Å².